The second-order valence-corrected chi connectivity index (χ2v) is 7.00. The molecule has 1 amide bonds. The quantitative estimate of drug-likeness (QED) is 0.601. The van der Waals surface area contributed by atoms with Crippen LogP contribution in [0.25, 0.3) is 0 Å². The Morgan fingerprint density at radius 3 is 2.18 bits per heavy atom. The van der Waals surface area contributed by atoms with Crippen LogP contribution in [0.1, 0.15) is 45.5 Å². The summed E-state index contributed by atoms with van der Waals surface area (Å²) >= 11 is 0. The number of nitrogens with one attached hydrogen (secondary N) is 1. The molecule has 3 aromatic rings. The summed E-state index contributed by atoms with van der Waals surface area (Å²) in [5.41, 5.74) is 5.99. The normalized spacial score (nSPS) is 10.5. The Bertz CT molecular complexity index is 964. The van der Waals surface area contributed by atoms with Crippen LogP contribution in [0.4, 0.5) is 5.69 Å². The number of pyridine rings is 1. The zero-order valence-corrected chi connectivity index (χ0v) is 16.2. The number of carbonyl (C=O) groups excluding carboxylic acids is 2. The number of anilines is 1. The van der Waals surface area contributed by atoms with Crippen LogP contribution in [0.15, 0.2) is 67.0 Å². The third-order valence-corrected chi connectivity index (χ3v) is 4.80. The van der Waals surface area contributed by atoms with Gasteiger partial charge in [0.05, 0.1) is 0 Å². The summed E-state index contributed by atoms with van der Waals surface area (Å²) in [6, 6.07) is 17.4. The Morgan fingerprint density at radius 2 is 1.50 bits per heavy atom. The summed E-state index contributed by atoms with van der Waals surface area (Å²) in [6.07, 6.45) is 4.76. The first-order valence-corrected chi connectivity index (χ1v) is 9.39. The molecule has 1 N–H and O–H groups in total. The van der Waals surface area contributed by atoms with Crippen molar-refractivity contribution < 1.29 is 9.59 Å². The molecule has 0 spiro atoms. The van der Waals surface area contributed by atoms with Gasteiger partial charge in [-0.15, -0.1) is 0 Å². The molecule has 0 aliphatic carbocycles. The van der Waals surface area contributed by atoms with Gasteiger partial charge in [-0.1, -0.05) is 24.3 Å². The van der Waals surface area contributed by atoms with E-state index < -0.39 is 0 Å². The molecule has 0 aliphatic rings. The predicted octanol–water partition coefficient (Wildman–Crippen LogP) is 4.89. The Labute approximate surface area is 165 Å². The van der Waals surface area contributed by atoms with Crippen LogP contribution < -0.4 is 5.32 Å². The van der Waals surface area contributed by atoms with E-state index in [4.69, 9.17) is 0 Å². The molecule has 0 bridgehead atoms. The van der Waals surface area contributed by atoms with Gasteiger partial charge in [0, 0.05) is 36.5 Å². The smallest absolute Gasteiger partial charge is 0.224 e. The van der Waals surface area contributed by atoms with E-state index in [9.17, 15) is 9.59 Å². The highest BCUT2D eigenvalue weighted by Crippen LogP contribution is 2.15. The van der Waals surface area contributed by atoms with E-state index in [1.807, 2.05) is 68.4 Å². The van der Waals surface area contributed by atoms with Gasteiger partial charge in [-0.25, -0.2) is 0 Å². The van der Waals surface area contributed by atoms with Crippen molar-refractivity contribution in [1.29, 1.82) is 0 Å². The molecule has 4 nitrogen and oxygen atoms in total. The average molecular weight is 372 g/mol. The van der Waals surface area contributed by atoms with Gasteiger partial charge in [0.25, 0.3) is 0 Å². The van der Waals surface area contributed by atoms with E-state index in [0.29, 0.717) is 5.56 Å². The van der Waals surface area contributed by atoms with Crippen molar-refractivity contribution in [1.82, 2.24) is 4.98 Å². The molecule has 0 saturated carbocycles. The molecule has 28 heavy (non-hydrogen) atoms. The van der Waals surface area contributed by atoms with E-state index >= 15 is 0 Å². The Morgan fingerprint density at radius 1 is 0.821 bits per heavy atom. The lowest BCUT2D eigenvalue weighted by Gasteiger charge is -2.08. The molecular formula is C24H24N2O2. The number of rotatable bonds is 7. The number of aromatic nitrogens is 1. The molecule has 142 valence electrons. The Kier molecular flexibility index (Phi) is 6.33. The molecule has 0 aliphatic heterocycles. The first-order chi connectivity index (χ1) is 13.5. The molecule has 1 heterocycles. The topological polar surface area (TPSA) is 59.1 Å². The minimum absolute atomic E-state index is 0.00838. The van der Waals surface area contributed by atoms with Crippen molar-refractivity contribution in [3.63, 3.8) is 0 Å². The molecule has 0 fully saturated rings. The summed E-state index contributed by atoms with van der Waals surface area (Å²) in [4.78, 5) is 28.5. The van der Waals surface area contributed by atoms with Crippen molar-refractivity contribution >= 4 is 17.4 Å². The third kappa shape index (κ3) is 5.36. The lowest BCUT2D eigenvalue weighted by molar-refractivity contribution is -0.116. The molecule has 0 radical (unpaired) electrons. The summed E-state index contributed by atoms with van der Waals surface area (Å²) < 4.78 is 0. The summed E-state index contributed by atoms with van der Waals surface area (Å²) in [5, 5.41) is 2.86. The van der Waals surface area contributed by atoms with Crippen LogP contribution in [0.3, 0.4) is 0 Å². The number of amides is 1. The number of hydrogen-bond donors (Lipinski definition) is 1. The van der Waals surface area contributed by atoms with Crippen LogP contribution in [0.5, 0.6) is 0 Å². The number of benzene rings is 2. The molecule has 1 aromatic heterocycles. The number of ketones is 1. The summed E-state index contributed by atoms with van der Waals surface area (Å²) in [5.74, 6) is -0.162. The lowest BCUT2D eigenvalue weighted by atomic mass is 10.0. The van der Waals surface area contributed by atoms with E-state index in [0.717, 1.165) is 28.8 Å². The summed E-state index contributed by atoms with van der Waals surface area (Å²) in [7, 11) is 0. The van der Waals surface area contributed by atoms with Gasteiger partial charge in [-0.2, -0.15) is 0 Å². The van der Waals surface area contributed by atoms with Crippen molar-refractivity contribution in [3.8, 4) is 0 Å². The number of Topliss-reactive ketones (excluding diaryl/α,β-unsaturated/α-hetero) is 1. The van der Waals surface area contributed by atoms with Gasteiger partial charge in [-0.3, -0.25) is 14.6 Å². The molecule has 0 unspecified atom stereocenters. The minimum atomic E-state index is -0.154. The lowest BCUT2D eigenvalue weighted by Crippen LogP contribution is -2.13. The monoisotopic (exact) mass is 372 g/mol. The number of hydrogen-bond acceptors (Lipinski definition) is 3. The maximum Gasteiger partial charge on any atom is 0.224 e. The van der Waals surface area contributed by atoms with Gasteiger partial charge in [-0.05, 0) is 72.9 Å². The van der Waals surface area contributed by atoms with E-state index in [2.05, 4.69) is 10.3 Å². The van der Waals surface area contributed by atoms with Crippen LogP contribution in [-0.2, 0) is 11.2 Å². The van der Waals surface area contributed by atoms with Crippen molar-refractivity contribution in [3.05, 3.63) is 94.8 Å². The molecule has 0 saturated heterocycles. The maximum atomic E-state index is 12.3. The highest BCUT2D eigenvalue weighted by Gasteiger charge is 2.10. The average Bonchev–Trinajstić information content (AvgIpc) is 2.70. The fourth-order valence-corrected chi connectivity index (χ4v) is 2.95. The van der Waals surface area contributed by atoms with Crippen LogP contribution in [0.2, 0.25) is 0 Å². The molecule has 3 rings (SSSR count). The maximum absolute atomic E-state index is 12.3. The first kappa shape index (κ1) is 19.5. The Hall–Kier alpha value is -3.27. The van der Waals surface area contributed by atoms with E-state index in [1.165, 1.54) is 5.56 Å². The molecule has 0 atom stereocenters. The van der Waals surface area contributed by atoms with Crippen molar-refractivity contribution in [2.75, 3.05) is 5.32 Å². The zero-order valence-electron chi connectivity index (χ0n) is 16.2. The van der Waals surface area contributed by atoms with Gasteiger partial charge in [0.2, 0.25) is 5.91 Å². The third-order valence-electron chi connectivity index (χ3n) is 4.80. The molecular weight excluding hydrogens is 348 g/mol. The number of nitrogens with zero attached hydrogens (tertiary/aromatic N) is 1. The predicted molar refractivity (Wildman–Crippen MR) is 112 cm³/mol. The number of carbonyl (C=O) groups is 2. The molecule has 4 heteroatoms. The van der Waals surface area contributed by atoms with Gasteiger partial charge in [0.1, 0.15) is 0 Å². The fraction of sp³-hybridized carbons (Fsp3) is 0.208. The Balaban J connectivity index is 1.50. The SMILES string of the molecule is Cc1ccc(C(=O)CCC(=O)Nc2ccc(Cc3ccncc3)cc2)cc1C. The second-order valence-electron chi connectivity index (χ2n) is 7.00. The van der Waals surface area contributed by atoms with Crippen molar-refractivity contribution in [2.45, 2.75) is 33.1 Å². The molecule has 2 aromatic carbocycles. The van der Waals surface area contributed by atoms with E-state index in [1.54, 1.807) is 12.4 Å². The van der Waals surface area contributed by atoms with E-state index in [-0.39, 0.29) is 24.5 Å². The van der Waals surface area contributed by atoms with Crippen LogP contribution in [-0.4, -0.2) is 16.7 Å². The van der Waals surface area contributed by atoms with Gasteiger partial charge >= 0.3 is 0 Å². The van der Waals surface area contributed by atoms with Gasteiger partial charge < -0.3 is 5.32 Å². The first-order valence-electron chi connectivity index (χ1n) is 9.39. The standard InChI is InChI=1S/C24H24N2O2/c1-17-3-6-21(15-18(17)2)23(27)9-10-24(28)26-22-7-4-19(5-8-22)16-20-11-13-25-14-12-20/h3-8,11-15H,9-10,16H2,1-2H3,(H,26,28). The van der Waals surface area contributed by atoms with Gasteiger partial charge in [0.15, 0.2) is 5.78 Å². The fourth-order valence-electron chi connectivity index (χ4n) is 2.95. The second kappa shape index (κ2) is 9.09. The number of aryl methyl sites for hydroxylation is 2. The zero-order chi connectivity index (χ0) is 19.9. The van der Waals surface area contributed by atoms with Crippen LogP contribution >= 0.6 is 0 Å². The largest absolute Gasteiger partial charge is 0.326 e. The van der Waals surface area contributed by atoms with Crippen LogP contribution in [0, 0.1) is 13.8 Å². The van der Waals surface area contributed by atoms with Crippen molar-refractivity contribution in [2.24, 2.45) is 0 Å². The summed E-state index contributed by atoms with van der Waals surface area (Å²) in [6.45, 7) is 4.00. The minimum Gasteiger partial charge on any atom is -0.326 e. The highest BCUT2D eigenvalue weighted by molar-refractivity contribution is 6.00. The highest BCUT2D eigenvalue weighted by atomic mass is 16.2.